The van der Waals surface area contributed by atoms with E-state index in [1.807, 2.05) is 36.4 Å². The Labute approximate surface area is 122 Å². The summed E-state index contributed by atoms with van der Waals surface area (Å²) in [5, 5.41) is 8.25. The molecule has 5 heteroatoms. The van der Waals surface area contributed by atoms with Gasteiger partial charge in [-0.2, -0.15) is 0 Å². The molecular weight excluding hydrogens is 266 g/mol. The van der Waals surface area contributed by atoms with Crippen LogP contribution in [0.5, 0.6) is 5.75 Å². The van der Waals surface area contributed by atoms with Gasteiger partial charge in [-0.1, -0.05) is 29.0 Å². The molecule has 3 aromatic rings. The maximum Gasteiger partial charge on any atom is 0.183 e. The minimum Gasteiger partial charge on any atom is -0.471 e. The molecule has 0 spiro atoms. The van der Waals surface area contributed by atoms with Crippen molar-refractivity contribution in [2.75, 3.05) is 6.61 Å². The van der Waals surface area contributed by atoms with E-state index in [0.29, 0.717) is 6.73 Å². The normalized spacial score (nSPS) is 17.1. The number of fused-ring (bicyclic) bond motifs is 1. The van der Waals surface area contributed by atoms with Crippen molar-refractivity contribution in [3.8, 4) is 5.75 Å². The molecule has 1 aliphatic heterocycles. The molecule has 1 aliphatic rings. The van der Waals surface area contributed by atoms with E-state index in [4.69, 9.17) is 9.47 Å². The fraction of sp³-hybridized carbons (Fsp3) is 0.250. The van der Waals surface area contributed by atoms with Crippen molar-refractivity contribution >= 4 is 11.0 Å². The summed E-state index contributed by atoms with van der Waals surface area (Å²) in [7, 11) is 0. The maximum atomic E-state index is 5.93. The van der Waals surface area contributed by atoms with E-state index >= 15 is 0 Å². The second-order valence-electron chi connectivity index (χ2n) is 5.21. The largest absolute Gasteiger partial charge is 0.471 e. The molecule has 1 aromatic heterocycles. The standard InChI is InChI=1S/C16H15N3O2/c1-11-6-7-15(12(8-11)16-9-20-16)21-10-19-14-5-3-2-4-13(14)17-18-19/h2-8,16H,9-10H2,1H3. The molecule has 106 valence electrons. The molecule has 0 saturated carbocycles. The van der Waals surface area contributed by atoms with Crippen LogP contribution in [-0.4, -0.2) is 21.6 Å². The molecule has 4 rings (SSSR count). The van der Waals surface area contributed by atoms with Gasteiger partial charge in [-0.3, -0.25) is 0 Å². The Balaban J connectivity index is 1.59. The summed E-state index contributed by atoms with van der Waals surface area (Å²) < 4.78 is 13.1. The first-order valence-electron chi connectivity index (χ1n) is 6.94. The fourth-order valence-corrected chi connectivity index (χ4v) is 2.42. The molecule has 0 amide bonds. The van der Waals surface area contributed by atoms with Crippen molar-refractivity contribution in [1.82, 2.24) is 15.0 Å². The molecule has 0 radical (unpaired) electrons. The van der Waals surface area contributed by atoms with Gasteiger partial charge in [0, 0.05) is 5.56 Å². The Morgan fingerprint density at radius 2 is 2.14 bits per heavy atom. The second kappa shape index (κ2) is 4.86. The highest BCUT2D eigenvalue weighted by Crippen LogP contribution is 2.37. The lowest BCUT2D eigenvalue weighted by Crippen LogP contribution is -2.08. The lowest BCUT2D eigenvalue weighted by molar-refractivity contribution is 0.219. The minimum absolute atomic E-state index is 0.174. The van der Waals surface area contributed by atoms with Gasteiger partial charge in [0.1, 0.15) is 17.4 Å². The van der Waals surface area contributed by atoms with E-state index in [-0.39, 0.29) is 6.10 Å². The quantitative estimate of drug-likeness (QED) is 0.690. The van der Waals surface area contributed by atoms with Crippen molar-refractivity contribution < 1.29 is 9.47 Å². The van der Waals surface area contributed by atoms with E-state index < -0.39 is 0 Å². The van der Waals surface area contributed by atoms with Crippen LogP contribution in [0.15, 0.2) is 42.5 Å². The first-order valence-corrected chi connectivity index (χ1v) is 6.94. The number of aryl methyl sites for hydroxylation is 1. The molecule has 2 aromatic carbocycles. The van der Waals surface area contributed by atoms with E-state index in [1.54, 1.807) is 4.68 Å². The highest BCUT2D eigenvalue weighted by molar-refractivity contribution is 5.73. The third-order valence-electron chi connectivity index (χ3n) is 3.61. The Kier molecular flexibility index (Phi) is 2.86. The third kappa shape index (κ3) is 2.36. The molecule has 2 heterocycles. The third-order valence-corrected chi connectivity index (χ3v) is 3.61. The number of ether oxygens (including phenoxy) is 2. The van der Waals surface area contributed by atoms with Gasteiger partial charge in [-0.15, -0.1) is 5.10 Å². The summed E-state index contributed by atoms with van der Waals surface area (Å²) >= 11 is 0. The maximum absolute atomic E-state index is 5.93. The summed E-state index contributed by atoms with van der Waals surface area (Å²) in [6.07, 6.45) is 0.174. The number of benzene rings is 2. The Hall–Kier alpha value is -2.40. The first kappa shape index (κ1) is 12.3. The van der Waals surface area contributed by atoms with Gasteiger partial charge in [0.25, 0.3) is 0 Å². The van der Waals surface area contributed by atoms with Gasteiger partial charge in [0.05, 0.1) is 12.1 Å². The van der Waals surface area contributed by atoms with Crippen LogP contribution in [0.2, 0.25) is 0 Å². The van der Waals surface area contributed by atoms with Crippen molar-refractivity contribution in [1.29, 1.82) is 0 Å². The van der Waals surface area contributed by atoms with Crippen LogP contribution in [0.1, 0.15) is 17.2 Å². The van der Waals surface area contributed by atoms with Crippen LogP contribution < -0.4 is 4.74 Å². The van der Waals surface area contributed by atoms with Gasteiger partial charge in [-0.05, 0) is 31.2 Å². The number of epoxide rings is 1. The van der Waals surface area contributed by atoms with E-state index in [0.717, 1.165) is 29.0 Å². The molecule has 0 bridgehead atoms. The van der Waals surface area contributed by atoms with Crippen LogP contribution in [0.4, 0.5) is 0 Å². The number of hydrogen-bond acceptors (Lipinski definition) is 4. The lowest BCUT2D eigenvalue weighted by atomic mass is 10.1. The van der Waals surface area contributed by atoms with E-state index in [2.05, 4.69) is 23.3 Å². The highest BCUT2D eigenvalue weighted by atomic mass is 16.6. The molecule has 1 fully saturated rings. The molecule has 5 nitrogen and oxygen atoms in total. The number of hydrogen-bond donors (Lipinski definition) is 0. The molecule has 21 heavy (non-hydrogen) atoms. The Morgan fingerprint density at radius 3 is 3.00 bits per heavy atom. The first-order chi connectivity index (χ1) is 10.3. The van der Waals surface area contributed by atoms with Gasteiger partial charge >= 0.3 is 0 Å². The monoisotopic (exact) mass is 281 g/mol. The topological polar surface area (TPSA) is 52.5 Å². The molecule has 1 saturated heterocycles. The fourth-order valence-electron chi connectivity index (χ4n) is 2.42. The Morgan fingerprint density at radius 1 is 1.29 bits per heavy atom. The highest BCUT2D eigenvalue weighted by Gasteiger charge is 2.28. The van der Waals surface area contributed by atoms with Gasteiger partial charge in [-0.25, -0.2) is 4.68 Å². The molecule has 1 unspecified atom stereocenters. The zero-order chi connectivity index (χ0) is 14.2. The van der Waals surface area contributed by atoms with Crippen molar-refractivity contribution in [2.24, 2.45) is 0 Å². The SMILES string of the molecule is Cc1ccc(OCn2nnc3ccccc32)c(C2CO2)c1. The van der Waals surface area contributed by atoms with Crippen LogP contribution >= 0.6 is 0 Å². The number of rotatable bonds is 4. The Bertz CT molecular complexity index is 793. The van der Waals surface area contributed by atoms with Crippen LogP contribution in [-0.2, 0) is 11.5 Å². The average molecular weight is 281 g/mol. The lowest BCUT2D eigenvalue weighted by Gasteiger charge is -2.11. The van der Waals surface area contributed by atoms with E-state index in [9.17, 15) is 0 Å². The molecule has 1 atom stereocenters. The van der Waals surface area contributed by atoms with Gasteiger partial charge in [0.15, 0.2) is 6.73 Å². The summed E-state index contributed by atoms with van der Waals surface area (Å²) in [6, 6.07) is 14.0. The molecule has 0 aliphatic carbocycles. The predicted octanol–water partition coefficient (Wildman–Crippen LogP) is 2.85. The van der Waals surface area contributed by atoms with Gasteiger partial charge in [0.2, 0.25) is 0 Å². The number of aromatic nitrogens is 3. The second-order valence-corrected chi connectivity index (χ2v) is 5.21. The zero-order valence-electron chi connectivity index (χ0n) is 11.7. The van der Waals surface area contributed by atoms with Crippen molar-refractivity contribution in [3.05, 3.63) is 53.6 Å². The number of nitrogens with zero attached hydrogens (tertiary/aromatic N) is 3. The van der Waals surface area contributed by atoms with Crippen molar-refractivity contribution in [2.45, 2.75) is 19.8 Å². The predicted molar refractivity (Wildman–Crippen MR) is 78.0 cm³/mol. The zero-order valence-corrected chi connectivity index (χ0v) is 11.7. The van der Waals surface area contributed by atoms with E-state index in [1.165, 1.54) is 5.56 Å². The minimum atomic E-state index is 0.174. The summed E-state index contributed by atoms with van der Waals surface area (Å²) in [5.41, 5.74) is 4.16. The van der Waals surface area contributed by atoms with Crippen molar-refractivity contribution in [3.63, 3.8) is 0 Å². The molecule has 0 N–H and O–H groups in total. The smallest absolute Gasteiger partial charge is 0.183 e. The summed E-state index contributed by atoms with van der Waals surface area (Å²) in [5.74, 6) is 0.850. The number of para-hydroxylation sites is 1. The van der Waals surface area contributed by atoms with Crippen LogP contribution in [0.3, 0.4) is 0 Å². The van der Waals surface area contributed by atoms with Crippen LogP contribution in [0, 0.1) is 6.92 Å². The average Bonchev–Trinajstić information content (AvgIpc) is 3.27. The summed E-state index contributed by atoms with van der Waals surface area (Å²) in [6.45, 7) is 3.18. The van der Waals surface area contributed by atoms with Gasteiger partial charge < -0.3 is 9.47 Å². The molecular formula is C16H15N3O2. The summed E-state index contributed by atoms with van der Waals surface area (Å²) in [4.78, 5) is 0. The van der Waals surface area contributed by atoms with Crippen LogP contribution in [0.25, 0.3) is 11.0 Å².